The van der Waals surface area contributed by atoms with Gasteiger partial charge in [-0.15, -0.1) is 5.53 Å². The minimum absolute atomic E-state index is 0.0468. The smallest absolute Gasteiger partial charge is 0.248 e. The number of likely N-dealkylation sites (tertiary alicyclic amines) is 1. The first-order chi connectivity index (χ1) is 34.1. The van der Waals surface area contributed by atoms with Crippen LogP contribution in [0.25, 0.3) is 0 Å². The molecule has 8 atom stereocenters. The van der Waals surface area contributed by atoms with E-state index in [1.54, 1.807) is 6.33 Å². The van der Waals surface area contributed by atoms with Crippen LogP contribution in [-0.4, -0.2) is 122 Å². The highest BCUT2D eigenvalue weighted by atomic mass is 32.2. The summed E-state index contributed by atoms with van der Waals surface area (Å²) in [6.07, 6.45) is 9.06. The Bertz CT molecular complexity index is 2340. The van der Waals surface area contributed by atoms with Gasteiger partial charge in [0.25, 0.3) is 0 Å². The van der Waals surface area contributed by atoms with Gasteiger partial charge >= 0.3 is 0 Å². The van der Waals surface area contributed by atoms with E-state index in [1.165, 1.54) is 11.8 Å². The van der Waals surface area contributed by atoms with E-state index in [9.17, 15) is 19.2 Å². The number of ether oxygens (including phenoxy) is 1. The minimum Gasteiger partial charge on any atom is -0.370 e. The first-order valence-corrected chi connectivity index (χ1v) is 25.9. The van der Waals surface area contributed by atoms with Gasteiger partial charge < -0.3 is 41.6 Å². The molecule has 3 fully saturated rings. The summed E-state index contributed by atoms with van der Waals surface area (Å²) in [5, 5.41) is 17.1. The molecular formula is C52H70N12O5S. The van der Waals surface area contributed by atoms with E-state index in [4.69, 9.17) is 10.5 Å². The Morgan fingerprint density at radius 2 is 1.60 bits per heavy atom. The lowest BCUT2D eigenvalue weighted by molar-refractivity contribution is -0.141. The van der Waals surface area contributed by atoms with Crippen LogP contribution < -0.4 is 32.6 Å². The zero-order valence-corrected chi connectivity index (χ0v) is 41.4. The molecule has 4 aliphatic heterocycles. The van der Waals surface area contributed by atoms with Gasteiger partial charge in [-0.05, 0) is 81.5 Å². The summed E-state index contributed by atoms with van der Waals surface area (Å²) >= 11 is 1.53. The highest BCUT2D eigenvalue weighted by Gasteiger charge is 2.46. The van der Waals surface area contributed by atoms with Gasteiger partial charge in [-0.3, -0.25) is 24.2 Å². The van der Waals surface area contributed by atoms with Crippen LogP contribution >= 0.6 is 11.8 Å². The molecule has 0 aliphatic carbocycles. The number of fused-ring (bicyclic) bond motifs is 1. The molecule has 1 aromatic heterocycles. The third kappa shape index (κ3) is 12.6. The molecule has 4 amide bonds. The molecule has 17 nitrogen and oxygen atoms in total. The Balaban J connectivity index is 0.916. The predicted octanol–water partition coefficient (Wildman–Crippen LogP) is 4.65. The van der Waals surface area contributed by atoms with Gasteiger partial charge in [0.05, 0.1) is 43.1 Å². The van der Waals surface area contributed by atoms with E-state index < -0.39 is 24.2 Å². The van der Waals surface area contributed by atoms with Crippen molar-refractivity contribution in [3.63, 3.8) is 0 Å². The number of rotatable bonds is 22. The highest BCUT2D eigenvalue weighted by molar-refractivity contribution is 7.99. The molecule has 3 aromatic carbocycles. The Morgan fingerprint density at radius 3 is 2.30 bits per heavy atom. The van der Waals surface area contributed by atoms with Crippen LogP contribution in [0.4, 0.5) is 0 Å². The van der Waals surface area contributed by atoms with Crippen LogP contribution in [0.1, 0.15) is 95.7 Å². The summed E-state index contributed by atoms with van der Waals surface area (Å²) in [6, 6.07) is 28.1. The van der Waals surface area contributed by atoms with E-state index >= 15 is 0 Å². The second-order valence-corrected chi connectivity index (χ2v) is 20.0. The van der Waals surface area contributed by atoms with Gasteiger partial charge in [0.1, 0.15) is 18.4 Å². The number of carbonyl (C=O) groups excluding carboxylic acids is 4. The van der Waals surface area contributed by atoms with Crippen molar-refractivity contribution < 1.29 is 23.9 Å². The van der Waals surface area contributed by atoms with Crippen molar-refractivity contribution in [3.05, 3.63) is 120 Å². The van der Waals surface area contributed by atoms with Crippen molar-refractivity contribution in [2.75, 3.05) is 26.2 Å². The molecule has 0 bridgehead atoms. The van der Waals surface area contributed by atoms with Gasteiger partial charge in [-0.2, -0.15) is 5.10 Å². The van der Waals surface area contributed by atoms with Gasteiger partial charge in [0.2, 0.25) is 23.6 Å². The van der Waals surface area contributed by atoms with Gasteiger partial charge in [-0.1, -0.05) is 104 Å². The van der Waals surface area contributed by atoms with Crippen molar-refractivity contribution in [1.82, 2.24) is 56.5 Å². The van der Waals surface area contributed by atoms with E-state index in [0.717, 1.165) is 53.3 Å². The minimum atomic E-state index is -0.911. The summed E-state index contributed by atoms with van der Waals surface area (Å²) in [5.41, 5.74) is 15.7. The molecule has 4 aromatic rings. The topological polar surface area (TPSA) is 204 Å². The largest absolute Gasteiger partial charge is 0.370 e. The maximum Gasteiger partial charge on any atom is 0.248 e. The molecule has 0 saturated carbocycles. The van der Waals surface area contributed by atoms with E-state index in [1.807, 2.05) is 113 Å². The van der Waals surface area contributed by atoms with Crippen molar-refractivity contribution in [2.45, 2.75) is 144 Å². The van der Waals surface area contributed by atoms with E-state index in [-0.39, 0.29) is 60.3 Å². The number of nitrogens with one attached hydrogen (secondary N) is 5. The van der Waals surface area contributed by atoms with Crippen molar-refractivity contribution in [3.8, 4) is 0 Å². The number of nitrogens with two attached hydrogens (primary N) is 1. The summed E-state index contributed by atoms with van der Waals surface area (Å²) in [4.78, 5) is 65.4. The number of hydrazine groups is 2. The second kappa shape index (κ2) is 24.4. The lowest BCUT2D eigenvalue weighted by Crippen LogP contribution is -2.58. The summed E-state index contributed by atoms with van der Waals surface area (Å²) in [5.74, 6) is -1.04. The molecular weight excluding hydrogens is 905 g/mol. The number of carbonyl (C=O) groups is 4. The van der Waals surface area contributed by atoms with E-state index in [2.05, 4.69) is 61.3 Å². The fourth-order valence-electron chi connectivity index (χ4n) is 10.3. The molecule has 70 heavy (non-hydrogen) atoms. The number of hydrogen-bond acceptors (Lipinski definition) is 13. The van der Waals surface area contributed by atoms with Gasteiger partial charge in [-0.25, -0.2) is 9.67 Å². The third-order valence-electron chi connectivity index (χ3n) is 14.1. The Hall–Kier alpha value is -5.79. The molecule has 8 rings (SSSR count). The Labute approximate surface area is 416 Å². The van der Waals surface area contributed by atoms with Crippen LogP contribution in [0.3, 0.4) is 0 Å². The maximum atomic E-state index is 14.9. The number of benzene rings is 3. The first kappa shape index (κ1) is 50.6. The van der Waals surface area contributed by atoms with Gasteiger partial charge in [0, 0.05) is 55.2 Å². The summed E-state index contributed by atoms with van der Waals surface area (Å²) in [6.45, 7) is 7.79. The average molecular weight is 975 g/mol. The molecule has 18 heteroatoms. The Morgan fingerprint density at radius 1 is 0.900 bits per heavy atom. The lowest BCUT2D eigenvalue weighted by Gasteiger charge is -2.34. The van der Waals surface area contributed by atoms with E-state index in [0.29, 0.717) is 57.6 Å². The van der Waals surface area contributed by atoms with Crippen LogP contribution in [0.2, 0.25) is 0 Å². The van der Waals surface area contributed by atoms with Crippen LogP contribution in [0.15, 0.2) is 119 Å². The fraction of sp³-hybridized carbons (Fsp3) is 0.500. The molecule has 374 valence electrons. The van der Waals surface area contributed by atoms with Gasteiger partial charge in [0.15, 0.2) is 5.16 Å². The number of nitrogens with zero attached hydrogens (tertiary/aromatic N) is 6. The molecule has 5 heterocycles. The maximum absolute atomic E-state index is 14.9. The summed E-state index contributed by atoms with van der Waals surface area (Å²) in [7, 11) is 0. The monoisotopic (exact) mass is 975 g/mol. The zero-order chi connectivity index (χ0) is 49.0. The average Bonchev–Trinajstić information content (AvgIpc) is 4.21. The molecule has 7 N–H and O–H groups in total. The Kier molecular flexibility index (Phi) is 17.6. The quantitative estimate of drug-likeness (QED) is 0.0636. The molecule has 0 spiro atoms. The van der Waals surface area contributed by atoms with Crippen LogP contribution in [0.5, 0.6) is 0 Å². The molecule has 0 radical (unpaired) electrons. The fourth-order valence-corrected chi connectivity index (χ4v) is 11.1. The molecule has 1 unspecified atom stereocenters. The SMILES string of the molecule is CCCC(=O)N[C@H](C(=O)N1CCC[C@H]1Cn1ncnc1Sc1ccccc1)C(C)OCC1=CN(C[C@H]2CC[C@H]3CC[C@@H](CNC(c4ccccc4)c4ccccc4)N3C(=O)[C@H]2NC(=O)[C@@H](N)CC)NN1. The number of hydrogen-bond donors (Lipinski definition) is 6. The highest BCUT2D eigenvalue weighted by Crippen LogP contribution is 2.35. The number of aromatic nitrogens is 3. The standard InChI is InChI=1S/C52H70N12O5S/c1-4-16-45(65)57-46(50(67)62-28-15-21-42(62)32-63-52(55-34-56-63)70-43-22-13-8-14-23-43)35(3)69-33-39-31-61(60-59-39)30-38-24-25-40-26-27-41(64(40)51(68)48(38)58-49(66)44(53)5-2)29-54-47(36-17-9-6-10-18-36)37-19-11-7-12-20-37/h6-14,17-20,22-23,31,34-35,38,40-42,44,46-48,54,59-60H,4-5,15-16,21,24-30,32-33,53H2,1-3H3,(H,57,65)(H,58,66)/t35?,38-,40+,41+,42+,44+,46+,48+/m1/s1. The summed E-state index contributed by atoms with van der Waals surface area (Å²) < 4.78 is 8.24. The van der Waals surface area contributed by atoms with Crippen molar-refractivity contribution in [2.24, 2.45) is 11.7 Å². The van der Waals surface area contributed by atoms with Crippen LogP contribution in [-0.2, 0) is 30.5 Å². The third-order valence-corrected chi connectivity index (χ3v) is 15.1. The lowest BCUT2D eigenvalue weighted by atomic mass is 9.92. The van der Waals surface area contributed by atoms with Crippen molar-refractivity contribution in [1.29, 1.82) is 0 Å². The first-order valence-electron chi connectivity index (χ1n) is 25.1. The molecule has 3 saturated heterocycles. The second-order valence-electron chi connectivity index (χ2n) is 19.0. The van der Waals surface area contributed by atoms with Crippen LogP contribution in [0, 0.1) is 5.92 Å². The number of amides is 4. The molecule has 4 aliphatic rings. The van der Waals surface area contributed by atoms with Crippen molar-refractivity contribution >= 4 is 35.4 Å². The zero-order valence-electron chi connectivity index (χ0n) is 40.6. The normalized spacial score (nSPS) is 22.5. The predicted molar refractivity (Wildman–Crippen MR) is 268 cm³/mol.